The molecule has 20 heavy (non-hydrogen) atoms. The second kappa shape index (κ2) is 5.80. The lowest BCUT2D eigenvalue weighted by atomic mass is 10.2. The van der Waals surface area contributed by atoms with Crippen molar-refractivity contribution in [2.45, 2.75) is 13.8 Å². The number of carbonyl (C=O) groups is 1. The highest BCUT2D eigenvalue weighted by Crippen LogP contribution is 2.35. The van der Waals surface area contributed by atoms with Gasteiger partial charge < -0.3 is 16.0 Å². The van der Waals surface area contributed by atoms with E-state index in [0.29, 0.717) is 17.1 Å². The number of rotatable bonds is 5. The summed E-state index contributed by atoms with van der Waals surface area (Å²) < 4.78 is 1.77. The maximum atomic E-state index is 12.2. The Balaban J connectivity index is 2.14. The zero-order valence-corrected chi connectivity index (χ0v) is 13.2. The molecule has 0 saturated carbocycles. The van der Waals surface area contributed by atoms with Gasteiger partial charge in [0.1, 0.15) is 9.71 Å². The van der Waals surface area contributed by atoms with Gasteiger partial charge in [-0.3, -0.25) is 9.48 Å². The first-order chi connectivity index (χ1) is 9.45. The fourth-order valence-electron chi connectivity index (χ4n) is 2.10. The number of carbonyl (C=O) groups excluding carboxylic acids is 1. The van der Waals surface area contributed by atoms with Crippen LogP contribution in [0.2, 0.25) is 0 Å². The maximum absolute atomic E-state index is 12.2. The summed E-state index contributed by atoms with van der Waals surface area (Å²) in [6, 6.07) is 0. The molecule has 0 aliphatic heterocycles. The molecule has 0 aromatic carbocycles. The van der Waals surface area contributed by atoms with Crippen LogP contribution < -0.4 is 11.1 Å². The van der Waals surface area contributed by atoms with Crippen LogP contribution in [-0.2, 0) is 7.05 Å². The fraction of sp³-hybridized carbons (Fsp3) is 0.538. The van der Waals surface area contributed by atoms with Crippen LogP contribution in [0.1, 0.15) is 22.3 Å². The zero-order chi connectivity index (χ0) is 14.9. The molecule has 0 unspecified atom stereocenters. The summed E-state index contributed by atoms with van der Waals surface area (Å²) in [5.74, 6) is -0.104. The van der Waals surface area contributed by atoms with Gasteiger partial charge in [0.2, 0.25) is 0 Å². The molecule has 6 nitrogen and oxygen atoms in total. The molecule has 0 aliphatic carbocycles. The third-order valence-corrected chi connectivity index (χ3v) is 4.68. The van der Waals surface area contributed by atoms with Gasteiger partial charge in [0.05, 0.1) is 16.8 Å². The Kier molecular flexibility index (Phi) is 4.29. The number of thiophene rings is 1. The van der Waals surface area contributed by atoms with Crippen LogP contribution in [0.5, 0.6) is 0 Å². The predicted octanol–water partition coefficient (Wildman–Crippen LogP) is 1.21. The number of fused-ring (bicyclic) bond motifs is 1. The minimum absolute atomic E-state index is 0.104. The third-order valence-electron chi connectivity index (χ3n) is 3.41. The lowest BCUT2D eigenvalue weighted by Gasteiger charge is -2.13. The number of nitrogens with zero attached hydrogens (tertiary/aromatic N) is 3. The summed E-state index contributed by atoms with van der Waals surface area (Å²) >= 11 is 1.39. The molecule has 0 spiro atoms. The van der Waals surface area contributed by atoms with E-state index < -0.39 is 0 Å². The van der Waals surface area contributed by atoms with E-state index in [1.54, 1.807) is 4.68 Å². The van der Waals surface area contributed by atoms with Crippen molar-refractivity contribution in [1.82, 2.24) is 20.0 Å². The number of nitrogens with two attached hydrogens (primary N) is 1. The van der Waals surface area contributed by atoms with Crippen molar-refractivity contribution in [3.63, 3.8) is 0 Å². The van der Waals surface area contributed by atoms with Gasteiger partial charge in [-0.05, 0) is 20.5 Å². The van der Waals surface area contributed by atoms with Gasteiger partial charge >= 0.3 is 0 Å². The number of aromatic nitrogens is 2. The largest absolute Gasteiger partial charge is 0.397 e. The van der Waals surface area contributed by atoms with Crippen molar-refractivity contribution in [3.8, 4) is 0 Å². The van der Waals surface area contributed by atoms with Crippen molar-refractivity contribution in [2.24, 2.45) is 7.05 Å². The van der Waals surface area contributed by atoms with Crippen molar-refractivity contribution < 1.29 is 4.79 Å². The molecule has 2 aromatic heterocycles. The topological polar surface area (TPSA) is 76.2 Å². The molecule has 2 rings (SSSR count). The Morgan fingerprint density at radius 3 is 2.85 bits per heavy atom. The summed E-state index contributed by atoms with van der Waals surface area (Å²) in [5.41, 5.74) is 7.50. The highest BCUT2D eigenvalue weighted by molar-refractivity contribution is 7.21. The van der Waals surface area contributed by atoms with Crippen molar-refractivity contribution in [2.75, 3.05) is 32.4 Å². The second-order valence-corrected chi connectivity index (χ2v) is 5.88. The van der Waals surface area contributed by atoms with Crippen LogP contribution in [-0.4, -0.2) is 47.3 Å². The lowest BCUT2D eigenvalue weighted by molar-refractivity contribution is 0.0955. The molecule has 7 heteroatoms. The standard InChI is InChI=1S/C13H21N5OS/c1-5-17(3)7-6-15-12(19)11-10(14)9-8(2)16-18(4)13(9)20-11/h5-7,14H2,1-4H3,(H,15,19). The molecular formula is C13H21N5OS. The maximum Gasteiger partial charge on any atom is 0.263 e. The van der Waals surface area contributed by atoms with E-state index in [2.05, 4.69) is 22.2 Å². The van der Waals surface area contributed by atoms with E-state index in [9.17, 15) is 4.79 Å². The first kappa shape index (κ1) is 14.8. The van der Waals surface area contributed by atoms with Gasteiger partial charge in [-0.15, -0.1) is 11.3 Å². The number of anilines is 1. The minimum atomic E-state index is -0.104. The summed E-state index contributed by atoms with van der Waals surface area (Å²) in [5, 5.41) is 8.13. The number of hydrogen-bond donors (Lipinski definition) is 2. The lowest BCUT2D eigenvalue weighted by Crippen LogP contribution is -2.32. The first-order valence-corrected chi connectivity index (χ1v) is 7.45. The molecule has 0 aliphatic rings. The first-order valence-electron chi connectivity index (χ1n) is 6.64. The summed E-state index contributed by atoms with van der Waals surface area (Å²) in [4.78, 5) is 15.9. The van der Waals surface area contributed by atoms with Gasteiger partial charge in [-0.1, -0.05) is 6.92 Å². The molecule has 2 heterocycles. The van der Waals surface area contributed by atoms with Crippen molar-refractivity contribution >= 4 is 33.1 Å². The Labute approximate surface area is 122 Å². The van der Waals surface area contributed by atoms with Gasteiger partial charge in [0.15, 0.2) is 0 Å². The van der Waals surface area contributed by atoms with Crippen LogP contribution in [0.25, 0.3) is 10.2 Å². The smallest absolute Gasteiger partial charge is 0.263 e. The number of aryl methyl sites for hydroxylation is 2. The number of nitrogens with one attached hydrogen (secondary N) is 1. The third kappa shape index (κ3) is 2.64. The molecule has 110 valence electrons. The van der Waals surface area contributed by atoms with Gasteiger partial charge in [-0.25, -0.2) is 0 Å². The molecule has 0 saturated heterocycles. The molecule has 2 aromatic rings. The second-order valence-electron chi connectivity index (χ2n) is 4.89. The molecular weight excluding hydrogens is 274 g/mol. The highest BCUT2D eigenvalue weighted by atomic mass is 32.1. The van der Waals surface area contributed by atoms with Gasteiger partial charge in [-0.2, -0.15) is 5.10 Å². The molecule has 1 amide bonds. The van der Waals surface area contributed by atoms with E-state index in [-0.39, 0.29) is 5.91 Å². The van der Waals surface area contributed by atoms with Crippen molar-refractivity contribution in [3.05, 3.63) is 10.6 Å². The van der Waals surface area contributed by atoms with Gasteiger partial charge in [0.25, 0.3) is 5.91 Å². The van der Waals surface area contributed by atoms with Crippen LogP contribution in [0, 0.1) is 6.92 Å². The van der Waals surface area contributed by atoms with E-state index in [1.807, 2.05) is 21.0 Å². The molecule has 0 bridgehead atoms. The van der Waals surface area contributed by atoms with E-state index in [0.717, 1.165) is 29.0 Å². The van der Waals surface area contributed by atoms with Crippen LogP contribution in [0.3, 0.4) is 0 Å². The molecule has 0 radical (unpaired) electrons. The predicted molar refractivity (Wildman–Crippen MR) is 83.2 cm³/mol. The Morgan fingerprint density at radius 2 is 2.25 bits per heavy atom. The zero-order valence-electron chi connectivity index (χ0n) is 12.4. The number of likely N-dealkylation sites (N-methyl/N-ethyl adjacent to an activating group) is 1. The summed E-state index contributed by atoms with van der Waals surface area (Å²) in [6.45, 7) is 6.40. The number of nitrogen functional groups attached to an aromatic ring is 1. The van der Waals surface area contributed by atoms with E-state index in [1.165, 1.54) is 11.3 Å². The quantitative estimate of drug-likeness (QED) is 0.869. The monoisotopic (exact) mass is 295 g/mol. The highest BCUT2D eigenvalue weighted by Gasteiger charge is 2.20. The fourth-order valence-corrected chi connectivity index (χ4v) is 3.20. The average Bonchev–Trinajstić information content (AvgIpc) is 2.89. The summed E-state index contributed by atoms with van der Waals surface area (Å²) in [7, 11) is 3.89. The minimum Gasteiger partial charge on any atom is -0.397 e. The Morgan fingerprint density at radius 1 is 1.55 bits per heavy atom. The van der Waals surface area contributed by atoms with Crippen LogP contribution in [0.4, 0.5) is 5.69 Å². The number of hydrogen-bond acceptors (Lipinski definition) is 5. The van der Waals surface area contributed by atoms with Gasteiger partial charge in [0, 0.05) is 20.1 Å². The normalized spacial score (nSPS) is 11.4. The van der Waals surface area contributed by atoms with Crippen LogP contribution in [0.15, 0.2) is 0 Å². The number of amides is 1. The Bertz CT molecular complexity index is 630. The van der Waals surface area contributed by atoms with E-state index in [4.69, 9.17) is 5.73 Å². The molecule has 3 N–H and O–H groups in total. The van der Waals surface area contributed by atoms with Crippen molar-refractivity contribution in [1.29, 1.82) is 0 Å². The Hall–Kier alpha value is -1.60. The summed E-state index contributed by atoms with van der Waals surface area (Å²) in [6.07, 6.45) is 0. The average molecular weight is 295 g/mol. The van der Waals surface area contributed by atoms with E-state index >= 15 is 0 Å². The molecule has 0 atom stereocenters. The SMILES string of the molecule is CCN(C)CCNC(=O)c1sc2c(c(C)nn2C)c1N. The van der Waals surface area contributed by atoms with Crippen LogP contribution >= 0.6 is 11.3 Å². The molecule has 0 fully saturated rings.